The highest BCUT2D eigenvalue weighted by molar-refractivity contribution is 7.90. The van der Waals surface area contributed by atoms with Gasteiger partial charge < -0.3 is 16.8 Å². The van der Waals surface area contributed by atoms with Gasteiger partial charge in [-0.1, -0.05) is 24.3 Å². The van der Waals surface area contributed by atoms with Gasteiger partial charge >= 0.3 is 0 Å². The molecule has 166 valence electrons. The van der Waals surface area contributed by atoms with Crippen molar-refractivity contribution in [1.29, 1.82) is 0 Å². The summed E-state index contributed by atoms with van der Waals surface area (Å²) in [6.07, 6.45) is 7.30. The van der Waals surface area contributed by atoms with E-state index in [-0.39, 0.29) is 10.8 Å². The average Bonchev–Trinajstić information content (AvgIpc) is 3.30. The van der Waals surface area contributed by atoms with Gasteiger partial charge in [0.25, 0.3) is 10.0 Å². The Balaban J connectivity index is 1.52. The lowest BCUT2D eigenvalue weighted by Crippen LogP contribution is -2.11. The van der Waals surface area contributed by atoms with Crippen LogP contribution in [0.5, 0.6) is 0 Å². The van der Waals surface area contributed by atoms with Gasteiger partial charge in [0.05, 0.1) is 16.3 Å². The summed E-state index contributed by atoms with van der Waals surface area (Å²) in [5.74, 6) is 0.00434. The predicted molar refractivity (Wildman–Crippen MR) is 130 cm³/mol. The monoisotopic (exact) mass is 459 g/mol. The largest absolute Gasteiger partial charge is 0.397 e. The van der Waals surface area contributed by atoms with Crippen molar-refractivity contribution in [1.82, 2.24) is 8.96 Å². The van der Waals surface area contributed by atoms with Crippen molar-refractivity contribution >= 4 is 39.2 Å². The number of anilines is 3. The number of pyridine rings is 1. The maximum atomic E-state index is 13.1. The van der Waals surface area contributed by atoms with E-state index in [0.29, 0.717) is 28.3 Å². The number of benzene rings is 2. The van der Waals surface area contributed by atoms with Crippen molar-refractivity contribution in [3.8, 4) is 11.1 Å². The standard InChI is InChI=1S/C24H21N5O3S/c25-21-6-1-2-7-22(21)28-24(30)11-8-17-12-13-29(16-17)33(31,32)20-5-3-4-18(14-20)19-9-10-23(26)27-15-19/h1-16H,25H2,(H2,26,27)(H,28,30). The molecule has 8 nitrogen and oxygen atoms in total. The van der Waals surface area contributed by atoms with Gasteiger partial charge in [0.15, 0.2) is 0 Å². The van der Waals surface area contributed by atoms with E-state index < -0.39 is 10.0 Å². The zero-order chi connectivity index (χ0) is 23.4. The van der Waals surface area contributed by atoms with Crippen LogP contribution in [-0.4, -0.2) is 23.3 Å². The number of hydrogen-bond acceptors (Lipinski definition) is 6. The minimum atomic E-state index is -3.83. The maximum absolute atomic E-state index is 13.1. The highest BCUT2D eigenvalue weighted by atomic mass is 32.2. The summed E-state index contributed by atoms with van der Waals surface area (Å²) in [6.45, 7) is 0. The molecule has 2 heterocycles. The number of carbonyl (C=O) groups excluding carboxylic acids is 1. The van der Waals surface area contributed by atoms with Crippen molar-refractivity contribution < 1.29 is 13.2 Å². The Morgan fingerprint density at radius 3 is 2.55 bits per heavy atom. The molecule has 0 saturated carbocycles. The number of carbonyl (C=O) groups is 1. The lowest BCUT2D eigenvalue weighted by Gasteiger charge is -2.08. The highest BCUT2D eigenvalue weighted by Gasteiger charge is 2.17. The van der Waals surface area contributed by atoms with Crippen LogP contribution in [0.2, 0.25) is 0 Å². The average molecular weight is 460 g/mol. The van der Waals surface area contributed by atoms with Crippen LogP contribution in [0.4, 0.5) is 17.2 Å². The van der Waals surface area contributed by atoms with E-state index in [0.717, 1.165) is 9.54 Å². The quantitative estimate of drug-likeness (QED) is 0.298. The number of aromatic nitrogens is 2. The fraction of sp³-hybridized carbons (Fsp3) is 0. The predicted octanol–water partition coefficient (Wildman–Crippen LogP) is 3.60. The molecule has 1 amide bonds. The van der Waals surface area contributed by atoms with Gasteiger partial charge in [-0.2, -0.15) is 0 Å². The first kappa shape index (κ1) is 21.8. The van der Waals surface area contributed by atoms with Gasteiger partial charge in [0.2, 0.25) is 5.91 Å². The first-order chi connectivity index (χ1) is 15.8. The molecular formula is C24H21N5O3S. The van der Waals surface area contributed by atoms with Crippen LogP contribution < -0.4 is 16.8 Å². The molecule has 4 rings (SSSR count). The number of nitrogens with two attached hydrogens (primary N) is 2. The third kappa shape index (κ3) is 4.94. The summed E-state index contributed by atoms with van der Waals surface area (Å²) in [5.41, 5.74) is 14.4. The fourth-order valence-corrected chi connectivity index (χ4v) is 4.38. The Kier molecular flexibility index (Phi) is 5.97. The molecule has 5 N–H and O–H groups in total. The van der Waals surface area contributed by atoms with Crippen molar-refractivity contribution in [2.45, 2.75) is 4.90 Å². The van der Waals surface area contributed by atoms with Crippen LogP contribution in [0.25, 0.3) is 17.2 Å². The van der Waals surface area contributed by atoms with E-state index in [1.807, 2.05) is 0 Å². The minimum absolute atomic E-state index is 0.125. The second kappa shape index (κ2) is 9.01. The number of nitrogen functional groups attached to an aromatic ring is 2. The number of para-hydroxylation sites is 2. The normalized spacial score (nSPS) is 11.5. The maximum Gasteiger partial charge on any atom is 0.267 e. The second-order valence-electron chi connectivity index (χ2n) is 7.19. The number of rotatable bonds is 6. The van der Waals surface area contributed by atoms with Crippen molar-refractivity contribution in [2.24, 2.45) is 0 Å². The van der Waals surface area contributed by atoms with Gasteiger partial charge in [-0.3, -0.25) is 4.79 Å². The molecule has 0 aliphatic heterocycles. The van der Waals surface area contributed by atoms with Crippen LogP contribution in [0, 0.1) is 0 Å². The SMILES string of the molecule is Nc1ccc(-c2cccc(S(=O)(=O)n3ccc(C=CC(=O)Nc4ccccc4N)c3)c2)cn1. The van der Waals surface area contributed by atoms with Gasteiger partial charge in [-0.25, -0.2) is 17.4 Å². The molecule has 0 aliphatic carbocycles. The summed E-state index contributed by atoms with van der Waals surface area (Å²) in [5, 5.41) is 2.68. The van der Waals surface area contributed by atoms with Crippen LogP contribution >= 0.6 is 0 Å². The van der Waals surface area contributed by atoms with Gasteiger partial charge in [-0.05, 0) is 59.7 Å². The molecule has 0 atom stereocenters. The Morgan fingerprint density at radius 2 is 1.79 bits per heavy atom. The first-order valence-corrected chi connectivity index (χ1v) is 11.4. The first-order valence-electron chi connectivity index (χ1n) is 9.92. The molecule has 0 saturated heterocycles. The van der Waals surface area contributed by atoms with E-state index in [2.05, 4.69) is 10.3 Å². The number of nitrogens with zero attached hydrogens (tertiary/aromatic N) is 2. The Labute approximate surface area is 191 Å². The van der Waals surface area contributed by atoms with Crippen molar-refractivity contribution in [3.05, 3.63) is 97.0 Å². The summed E-state index contributed by atoms with van der Waals surface area (Å²) in [4.78, 5) is 16.3. The summed E-state index contributed by atoms with van der Waals surface area (Å²) in [7, 11) is -3.83. The lowest BCUT2D eigenvalue weighted by molar-refractivity contribution is -0.111. The molecule has 0 spiro atoms. The van der Waals surface area contributed by atoms with Gasteiger partial charge in [0.1, 0.15) is 5.82 Å². The summed E-state index contributed by atoms with van der Waals surface area (Å²) in [6, 6.07) is 18.5. The molecule has 0 bridgehead atoms. The van der Waals surface area contributed by atoms with E-state index in [9.17, 15) is 13.2 Å². The number of amides is 1. The van der Waals surface area contributed by atoms with E-state index >= 15 is 0 Å². The van der Waals surface area contributed by atoms with Crippen LogP contribution in [0.3, 0.4) is 0 Å². The zero-order valence-corrected chi connectivity index (χ0v) is 18.2. The molecule has 33 heavy (non-hydrogen) atoms. The molecule has 2 aromatic heterocycles. The lowest BCUT2D eigenvalue weighted by atomic mass is 10.1. The molecule has 2 aromatic carbocycles. The van der Waals surface area contributed by atoms with Crippen LogP contribution in [-0.2, 0) is 14.8 Å². The van der Waals surface area contributed by atoms with E-state index in [4.69, 9.17) is 11.5 Å². The van der Waals surface area contributed by atoms with Gasteiger partial charge in [-0.15, -0.1) is 0 Å². The molecule has 0 fully saturated rings. The van der Waals surface area contributed by atoms with Crippen LogP contribution in [0.15, 0.2) is 96.3 Å². The van der Waals surface area contributed by atoms with Gasteiger partial charge in [0, 0.05) is 30.2 Å². The smallest absolute Gasteiger partial charge is 0.267 e. The minimum Gasteiger partial charge on any atom is -0.397 e. The molecule has 9 heteroatoms. The second-order valence-corrected chi connectivity index (χ2v) is 9.03. The summed E-state index contributed by atoms with van der Waals surface area (Å²) >= 11 is 0. The fourth-order valence-electron chi connectivity index (χ4n) is 3.13. The molecular weight excluding hydrogens is 438 g/mol. The third-order valence-electron chi connectivity index (χ3n) is 4.87. The van der Waals surface area contributed by atoms with E-state index in [1.165, 1.54) is 30.6 Å². The number of hydrogen-bond donors (Lipinski definition) is 3. The van der Waals surface area contributed by atoms with E-state index in [1.54, 1.807) is 66.9 Å². The van der Waals surface area contributed by atoms with Crippen molar-refractivity contribution in [3.63, 3.8) is 0 Å². The third-order valence-corrected chi connectivity index (χ3v) is 6.50. The Hall–Kier alpha value is -4.37. The molecule has 0 unspecified atom stereocenters. The molecule has 4 aromatic rings. The topological polar surface area (TPSA) is 133 Å². The Bertz CT molecular complexity index is 1440. The zero-order valence-electron chi connectivity index (χ0n) is 17.4. The molecule has 0 aliphatic rings. The van der Waals surface area contributed by atoms with Crippen molar-refractivity contribution in [2.75, 3.05) is 16.8 Å². The highest BCUT2D eigenvalue weighted by Crippen LogP contribution is 2.24. The number of nitrogens with one attached hydrogen (secondary N) is 1. The van der Waals surface area contributed by atoms with Crippen LogP contribution in [0.1, 0.15) is 5.56 Å². The molecule has 0 radical (unpaired) electrons. The summed E-state index contributed by atoms with van der Waals surface area (Å²) < 4.78 is 27.3. The Morgan fingerprint density at radius 1 is 0.970 bits per heavy atom.